The number of carbonyl (C=O) groups excluding carboxylic acids is 1. The molecule has 2 aliphatic rings. The van der Waals surface area contributed by atoms with Gasteiger partial charge in [0.2, 0.25) is 5.91 Å². The summed E-state index contributed by atoms with van der Waals surface area (Å²) in [6.07, 6.45) is 6.75. The molecular weight excluding hydrogens is 280 g/mol. The molecule has 3 nitrogen and oxygen atoms in total. The van der Waals surface area contributed by atoms with Crippen molar-refractivity contribution in [2.45, 2.75) is 57.5 Å². The second kappa shape index (κ2) is 6.93. The molecule has 4 heteroatoms. The van der Waals surface area contributed by atoms with Crippen LogP contribution in [0.4, 0.5) is 0 Å². The third kappa shape index (κ3) is 3.32. The van der Waals surface area contributed by atoms with Crippen molar-refractivity contribution in [2.75, 3.05) is 19.6 Å². The Hall–Kier alpha value is -0.870. The van der Waals surface area contributed by atoms with Gasteiger partial charge in [-0.3, -0.25) is 9.69 Å². The van der Waals surface area contributed by atoms with Crippen LogP contribution >= 0.6 is 11.3 Å². The normalized spacial score (nSPS) is 26.6. The van der Waals surface area contributed by atoms with Crippen molar-refractivity contribution in [3.8, 4) is 0 Å². The maximum atomic E-state index is 12.1. The molecule has 0 aliphatic carbocycles. The maximum Gasteiger partial charge on any atom is 0.222 e. The molecule has 2 saturated heterocycles. The minimum absolute atomic E-state index is 0.350. The predicted molar refractivity (Wildman–Crippen MR) is 87.6 cm³/mol. The van der Waals surface area contributed by atoms with Crippen molar-refractivity contribution in [3.63, 3.8) is 0 Å². The van der Waals surface area contributed by atoms with Crippen molar-refractivity contribution in [1.29, 1.82) is 0 Å². The highest BCUT2D eigenvalue weighted by atomic mass is 32.1. The van der Waals surface area contributed by atoms with Gasteiger partial charge in [-0.25, -0.2) is 0 Å². The van der Waals surface area contributed by atoms with E-state index in [1.807, 2.05) is 18.3 Å². The van der Waals surface area contributed by atoms with E-state index in [-0.39, 0.29) is 0 Å². The molecule has 0 radical (unpaired) electrons. The van der Waals surface area contributed by atoms with Gasteiger partial charge in [0, 0.05) is 36.5 Å². The summed E-state index contributed by atoms with van der Waals surface area (Å²) in [4.78, 5) is 18.4. The Morgan fingerprint density at radius 3 is 2.86 bits per heavy atom. The van der Waals surface area contributed by atoms with Gasteiger partial charge in [0.05, 0.1) is 0 Å². The molecule has 0 spiro atoms. The average molecular weight is 306 g/mol. The van der Waals surface area contributed by atoms with Gasteiger partial charge in [-0.05, 0) is 50.1 Å². The third-order valence-electron chi connectivity index (χ3n) is 5.01. The summed E-state index contributed by atoms with van der Waals surface area (Å²) in [5.41, 5.74) is 0. The van der Waals surface area contributed by atoms with Gasteiger partial charge in [-0.2, -0.15) is 0 Å². The van der Waals surface area contributed by atoms with Crippen molar-refractivity contribution in [3.05, 3.63) is 22.4 Å². The molecule has 2 aliphatic heterocycles. The molecule has 2 fully saturated rings. The number of hydrogen-bond donors (Lipinski definition) is 0. The summed E-state index contributed by atoms with van der Waals surface area (Å²) >= 11 is 1.86. The predicted octanol–water partition coefficient (Wildman–Crippen LogP) is 3.16. The summed E-state index contributed by atoms with van der Waals surface area (Å²) < 4.78 is 0. The number of thiophene rings is 1. The molecule has 1 aromatic rings. The minimum atomic E-state index is 0.350. The third-order valence-corrected chi connectivity index (χ3v) is 5.94. The Morgan fingerprint density at radius 2 is 2.10 bits per heavy atom. The van der Waals surface area contributed by atoms with Crippen LogP contribution in [0.3, 0.4) is 0 Å². The van der Waals surface area contributed by atoms with Gasteiger partial charge in [0.1, 0.15) is 0 Å². The van der Waals surface area contributed by atoms with Gasteiger partial charge < -0.3 is 4.90 Å². The topological polar surface area (TPSA) is 23.6 Å². The summed E-state index contributed by atoms with van der Waals surface area (Å²) in [5.74, 6) is 0.350. The van der Waals surface area contributed by atoms with E-state index in [1.165, 1.54) is 37.1 Å². The fraction of sp³-hybridized carbons (Fsp3) is 0.706. The lowest BCUT2D eigenvalue weighted by molar-refractivity contribution is -0.132. The van der Waals surface area contributed by atoms with Crippen LogP contribution in [0.2, 0.25) is 0 Å². The first-order valence-electron chi connectivity index (χ1n) is 8.35. The molecule has 2 atom stereocenters. The van der Waals surface area contributed by atoms with Crippen LogP contribution < -0.4 is 0 Å². The van der Waals surface area contributed by atoms with E-state index in [2.05, 4.69) is 27.3 Å². The van der Waals surface area contributed by atoms with Crippen LogP contribution in [-0.4, -0.2) is 47.4 Å². The van der Waals surface area contributed by atoms with Gasteiger partial charge in [0.15, 0.2) is 0 Å². The van der Waals surface area contributed by atoms with E-state index in [0.29, 0.717) is 24.4 Å². The highest BCUT2D eigenvalue weighted by Crippen LogP contribution is 2.30. The standard InChI is InChI=1S/C17H26N2OS/c1-2-17(20)19-11-4-8-16(19)15-7-3-10-18(15)12-9-14-6-5-13-21-14/h5-6,13,15-16H,2-4,7-12H2,1H3/t15-,16-/m1/s1. The van der Waals surface area contributed by atoms with Crippen LogP contribution in [0.15, 0.2) is 17.5 Å². The monoisotopic (exact) mass is 306 g/mol. The van der Waals surface area contributed by atoms with Crippen molar-refractivity contribution < 1.29 is 4.79 Å². The molecular formula is C17H26N2OS. The lowest BCUT2D eigenvalue weighted by atomic mass is 10.0. The van der Waals surface area contributed by atoms with Gasteiger partial charge in [-0.15, -0.1) is 11.3 Å². The molecule has 1 amide bonds. The molecule has 1 aromatic heterocycles. The SMILES string of the molecule is CCC(=O)N1CCC[C@@H]1[C@H]1CCCN1CCc1cccs1. The zero-order chi connectivity index (χ0) is 14.7. The number of amides is 1. The first kappa shape index (κ1) is 15.0. The lowest BCUT2D eigenvalue weighted by Gasteiger charge is -2.35. The number of carbonyl (C=O) groups is 1. The Morgan fingerprint density at radius 1 is 1.29 bits per heavy atom. The minimum Gasteiger partial charge on any atom is -0.338 e. The quantitative estimate of drug-likeness (QED) is 0.834. The number of likely N-dealkylation sites (tertiary alicyclic amines) is 2. The van der Waals surface area contributed by atoms with E-state index in [0.717, 1.165) is 19.5 Å². The highest BCUT2D eigenvalue weighted by Gasteiger charge is 2.38. The summed E-state index contributed by atoms with van der Waals surface area (Å²) in [5, 5.41) is 2.16. The lowest BCUT2D eigenvalue weighted by Crippen LogP contribution is -2.48. The molecule has 3 heterocycles. The average Bonchev–Trinajstić information content (AvgIpc) is 3.22. The summed E-state index contributed by atoms with van der Waals surface area (Å²) in [6, 6.07) is 5.45. The second-order valence-electron chi connectivity index (χ2n) is 6.23. The van der Waals surface area contributed by atoms with Crippen LogP contribution in [0.25, 0.3) is 0 Å². The Balaban J connectivity index is 1.61. The van der Waals surface area contributed by atoms with E-state index in [1.54, 1.807) is 0 Å². The first-order valence-corrected chi connectivity index (χ1v) is 9.23. The molecule has 116 valence electrons. The molecule has 0 N–H and O–H groups in total. The van der Waals surface area contributed by atoms with Crippen LogP contribution in [-0.2, 0) is 11.2 Å². The van der Waals surface area contributed by atoms with E-state index in [4.69, 9.17) is 0 Å². The number of hydrogen-bond acceptors (Lipinski definition) is 3. The zero-order valence-corrected chi connectivity index (χ0v) is 13.8. The fourth-order valence-corrected chi connectivity index (χ4v) is 4.68. The van der Waals surface area contributed by atoms with Gasteiger partial charge in [-0.1, -0.05) is 13.0 Å². The second-order valence-corrected chi connectivity index (χ2v) is 7.26. The Kier molecular flexibility index (Phi) is 4.96. The smallest absolute Gasteiger partial charge is 0.222 e. The van der Waals surface area contributed by atoms with Crippen LogP contribution in [0.1, 0.15) is 43.9 Å². The number of nitrogens with zero attached hydrogens (tertiary/aromatic N) is 2. The maximum absolute atomic E-state index is 12.1. The number of rotatable bonds is 5. The first-order chi connectivity index (χ1) is 10.3. The van der Waals surface area contributed by atoms with Crippen molar-refractivity contribution >= 4 is 17.2 Å². The summed E-state index contributed by atoms with van der Waals surface area (Å²) in [6.45, 7) is 5.32. The fourth-order valence-electron chi connectivity index (χ4n) is 3.98. The highest BCUT2D eigenvalue weighted by molar-refractivity contribution is 7.09. The van der Waals surface area contributed by atoms with E-state index >= 15 is 0 Å². The molecule has 0 saturated carbocycles. The van der Waals surface area contributed by atoms with Gasteiger partial charge >= 0.3 is 0 Å². The van der Waals surface area contributed by atoms with Gasteiger partial charge in [0.25, 0.3) is 0 Å². The Bertz CT molecular complexity index is 459. The van der Waals surface area contributed by atoms with Crippen LogP contribution in [0, 0.1) is 0 Å². The Labute approximate surface area is 131 Å². The van der Waals surface area contributed by atoms with E-state index in [9.17, 15) is 4.79 Å². The zero-order valence-electron chi connectivity index (χ0n) is 13.0. The molecule has 0 unspecified atom stereocenters. The van der Waals surface area contributed by atoms with Crippen molar-refractivity contribution in [2.24, 2.45) is 0 Å². The largest absolute Gasteiger partial charge is 0.338 e. The van der Waals surface area contributed by atoms with Crippen molar-refractivity contribution in [1.82, 2.24) is 9.80 Å². The van der Waals surface area contributed by atoms with E-state index < -0.39 is 0 Å². The molecule has 21 heavy (non-hydrogen) atoms. The van der Waals surface area contributed by atoms with Crippen LogP contribution in [0.5, 0.6) is 0 Å². The molecule has 3 rings (SSSR count). The molecule has 0 aromatic carbocycles. The summed E-state index contributed by atoms with van der Waals surface area (Å²) in [7, 11) is 0. The molecule has 0 bridgehead atoms.